The first-order valence-electron chi connectivity index (χ1n) is 5.26. The van der Waals surface area contributed by atoms with Gasteiger partial charge in [-0.15, -0.1) is 0 Å². The summed E-state index contributed by atoms with van der Waals surface area (Å²) in [6, 6.07) is 6.47. The number of thiophene rings is 1. The van der Waals surface area contributed by atoms with Crippen molar-refractivity contribution in [1.82, 2.24) is 0 Å². The van der Waals surface area contributed by atoms with Gasteiger partial charge in [-0.1, -0.05) is 0 Å². The van der Waals surface area contributed by atoms with E-state index in [1.54, 1.807) is 17.4 Å². The Morgan fingerprint density at radius 1 is 1.39 bits per heavy atom. The highest BCUT2D eigenvalue weighted by atomic mass is 32.1. The van der Waals surface area contributed by atoms with E-state index in [1.165, 1.54) is 19.2 Å². The van der Waals surface area contributed by atoms with Gasteiger partial charge < -0.3 is 14.6 Å². The van der Waals surface area contributed by atoms with Gasteiger partial charge in [0.15, 0.2) is 0 Å². The second kappa shape index (κ2) is 5.55. The van der Waals surface area contributed by atoms with Gasteiger partial charge in [-0.25, -0.2) is 4.79 Å². The normalized spacial score (nSPS) is 10.1. The van der Waals surface area contributed by atoms with Gasteiger partial charge in [0.05, 0.1) is 7.11 Å². The molecule has 0 aliphatic carbocycles. The fourth-order valence-corrected chi connectivity index (χ4v) is 2.08. The number of rotatable bonds is 4. The van der Waals surface area contributed by atoms with E-state index in [0.29, 0.717) is 12.4 Å². The molecule has 5 heteroatoms. The van der Waals surface area contributed by atoms with Gasteiger partial charge in [-0.05, 0) is 34.5 Å². The number of carbonyl (C=O) groups excluding carboxylic acids is 1. The largest absolute Gasteiger partial charge is 0.507 e. The Morgan fingerprint density at radius 3 is 2.83 bits per heavy atom. The number of hydrogen-bond acceptors (Lipinski definition) is 5. The summed E-state index contributed by atoms with van der Waals surface area (Å²) < 4.78 is 10.0. The lowest BCUT2D eigenvalue weighted by Crippen LogP contribution is -2.02. The Kier molecular flexibility index (Phi) is 3.84. The van der Waals surface area contributed by atoms with Crippen LogP contribution in [0, 0.1) is 0 Å². The molecule has 0 aliphatic heterocycles. The van der Waals surface area contributed by atoms with E-state index in [2.05, 4.69) is 4.74 Å². The zero-order valence-electron chi connectivity index (χ0n) is 9.75. The molecule has 0 aliphatic rings. The number of carbonyl (C=O) groups is 1. The van der Waals surface area contributed by atoms with Crippen LogP contribution in [-0.2, 0) is 11.3 Å². The van der Waals surface area contributed by atoms with Crippen LogP contribution < -0.4 is 4.74 Å². The van der Waals surface area contributed by atoms with E-state index < -0.39 is 5.97 Å². The van der Waals surface area contributed by atoms with Crippen LogP contribution in [0.1, 0.15) is 15.9 Å². The molecule has 0 spiro atoms. The van der Waals surface area contributed by atoms with Crippen LogP contribution in [0.4, 0.5) is 0 Å². The number of phenols is 1. The standard InChI is InChI=1S/C13H12O4S/c1-16-13(15)11-3-2-10(6-12(11)14)17-7-9-4-5-18-8-9/h2-6,8,14H,7H2,1H3. The highest BCUT2D eigenvalue weighted by Gasteiger charge is 2.12. The Balaban J connectivity index is 2.07. The van der Waals surface area contributed by atoms with Gasteiger partial charge in [0.2, 0.25) is 0 Å². The second-order valence-electron chi connectivity index (χ2n) is 3.59. The van der Waals surface area contributed by atoms with Crippen LogP contribution in [0.2, 0.25) is 0 Å². The van der Waals surface area contributed by atoms with Gasteiger partial charge in [0.25, 0.3) is 0 Å². The van der Waals surface area contributed by atoms with Crippen LogP contribution in [-0.4, -0.2) is 18.2 Å². The molecule has 2 rings (SSSR count). The number of aromatic hydroxyl groups is 1. The molecule has 1 aromatic heterocycles. The highest BCUT2D eigenvalue weighted by Crippen LogP contribution is 2.25. The van der Waals surface area contributed by atoms with Crippen molar-refractivity contribution in [3.8, 4) is 11.5 Å². The topological polar surface area (TPSA) is 55.8 Å². The van der Waals surface area contributed by atoms with Crippen molar-refractivity contribution in [3.05, 3.63) is 46.2 Å². The van der Waals surface area contributed by atoms with Crippen molar-refractivity contribution in [3.63, 3.8) is 0 Å². The molecule has 1 heterocycles. The molecule has 1 aromatic carbocycles. The predicted octanol–water partition coefficient (Wildman–Crippen LogP) is 2.82. The Morgan fingerprint density at radius 2 is 2.22 bits per heavy atom. The lowest BCUT2D eigenvalue weighted by Gasteiger charge is -2.07. The second-order valence-corrected chi connectivity index (χ2v) is 4.37. The van der Waals surface area contributed by atoms with Gasteiger partial charge in [-0.2, -0.15) is 11.3 Å². The van der Waals surface area contributed by atoms with Gasteiger partial charge in [0, 0.05) is 6.07 Å². The summed E-state index contributed by atoms with van der Waals surface area (Å²) in [6.45, 7) is 0.431. The Labute approximate surface area is 108 Å². The average Bonchev–Trinajstić information content (AvgIpc) is 2.88. The maximum atomic E-state index is 11.3. The van der Waals surface area contributed by atoms with E-state index in [-0.39, 0.29) is 11.3 Å². The molecule has 0 saturated carbocycles. The maximum absolute atomic E-state index is 11.3. The summed E-state index contributed by atoms with van der Waals surface area (Å²) >= 11 is 1.60. The minimum Gasteiger partial charge on any atom is -0.507 e. The molecule has 0 unspecified atom stereocenters. The molecule has 0 radical (unpaired) electrons. The molecule has 94 valence electrons. The number of hydrogen-bond donors (Lipinski definition) is 1. The first kappa shape index (κ1) is 12.4. The SMILES string of the molecule is COC(=O)c1ccc(OCc2ccsc2)cc1O. The van der Waals surface area contributed by atoms with Gasteiger partial charge in [0.1, 0.15) is 23.7 Å². The zero-order valence-corrected chi connectivity index (χ0v) is 10.6. The molecule has 0 fully saturated rings. The van der Waals surface area contributed by atoms with Crippen molar-refractivity contribution in [2.45, 2.75) is 6.61 Å². The Bertz CT molecular complexity index is 534. The van der Waals surface area contributed by atoms with Crippen LogP contribution in [0.25, 0.3) is 0 Å². The lowest BCUT2D eigenvalue weighted by atomic mass is 10.2. The van der Waals surface area contributed by atoms with Crippen molar-refractivity contribution in [2.75, 3.05) is 7.11 Å². The lowest BCUT2D eigenvalue weighted by molar-refractivity contribution is 0.0597. The number of ether oxygens (including phenoxy) is 2. The summed E-state index contributed by atoms with van der Waals surface area (Å²) in [6.07, 6.45) is 0. The van der Waals surface area contributed by atoms with Crippen LogP contribution in [0.3, 0.4) is 0 Å². The summed E-state index contributed by atoms with van der Waals surface area (Å²) in [4.78, 5) is 11.3. The fourth-order valence-electron chi connectivity index (χ4n) is 1.43. The maximum Gasteiger partial charge on any atom is 0.341 e. The smallest absolute Gasteiger partial charge is 0.341 e. The van der Waals surface area contributed by atoms with E-state index in [4.69, 9.17) is 4.74 Å². The molecule has 18 heavy (non-hydrogen) atoms. The van der Waals surface area contributed by atoms with E-state index in [9.17, 15) is 9.90 Å². The summed E-state index contributed by atoms with van der Waals surface area (Å²) in [5.74, 6) is -0.215. The summed E-state index contributed by atoms with van der Waals surface area (Å²) in [5, 5.41) is 13.6. The third-order valence-corrected chi connectivity index (χ3v) is 3.09. The van der Waals surface area contributed by atoms with E-state index in [1.807, 2.05) is 16.8 Å². The zero-order chi connectivity index (χ0) is 13.0. The first-order valence-corrected chi connectivity index (χ1v) is 6.20. The number of benzene rings is 1. The van der Waals surface area contributed by atoms with Crippen LogP contribution in [0.5, 0.6) is 11.5 Å². The minimum atomic E-state index is -0.572. The molecule has 0 atom stereocenters. The van der Waals surface area contributed by atoms with Crippen molar-refractivity contribution in [1.29, 1.82) is 0 Å². The van der Waals surface area contributed by atoms with Gasteiger partial charge in [-0.3, -0.25) is 0 Å². The fraction of sp³-hybridized carbons (Fsp3) is 0.154. The summed E-state index contributed by atoms with van der Waals surface area (Å²) in [5.41, 5.74) is 1.19. The minimum absolute atomic E-state index is 0.125. The number of methoxy groups -OCH3 is 1. The van der Waals surface area contributed by atoms with Crippen molar-refractivity contribution in [2.24, 2.45) is 0 Å². The van der Waals surface area contributed by atoms with Crippen LogP contribution >= 0.6 is 11.3 Å². The number of esters is 1. The van der Waals surface area contributed by atoms with Crippen molar-refractivity contribution >= 4 is 17.3 Å². The molecule has 0 amide bonds. The van der Waals surface area contributed by atoms with E-state index >= 15 is 0 Å². The highest BCUT2D eigenvalue weighted by molar-refractivity contribution is 7.07. The Hall–Kier alpha value is -2.01. The van der Waals surface area contributed by atoms with E-state index in [0.717, 1.165) is 5.56 Å². The predicted molar refractivity (Wildman–Crippen MR) is 68.1 cm³/mol. The van der Waals surface area contributed by atoms with Crippen LogP contribution in [0.15, 0.2) is 35.0 Å². The molecular formula is C13H12O4S. The summed E-state index contributed by atoms with van der Waals surface area (Å²) in [7, 11) is 1.27. The first-order chi connectivity index (χ1) is 8.70. The number of phenolic OH excluding ortho intramolecular Hbond substituents is 1. The molecule has 0 bridgehead atoms. The third kappa shape index (κ3) is 2.81. The average molecular weight is 264 g/mol. The molecule has 2 aromatic rings. The van der Waals surface area contributed by atoms with Gasteiger partial charge >= 0.3 is 5.97 Å². The molecule has 0 saturated heterocycles. The monoisotopic (exact) mass is 264 g/mol. The third-order valence-electron chi connectivity index (χ3n) is 2.36. The molecule has 4 nitrogen and oxygen atoms in total. The quantitative estimate of drug-likeness (QED) is 0.863. The van der Waals surface area contributed by atoms with Crippen molar-refractivity contribution < 1.29 is 19.4 Å². The molecule has 1 N–H and O–H groups in total. The molecular weight excluding hydrogens is 252 g/mol.